The maximum Gasteiger partial charge on any atom is 0.290 e. The lowest BCUT2D eigenvalue weighted by atomic mass is 9.82. The minimum Gasteiger partial charge on any atom is -0.490 e. The van der Waals surface area contributed by atoms with Crippen LogP contribution in [0.4, 0.5) is 4.39 Å². The number of hydrogen-bond acceptors (Lipinski definition) is 6. The van der Waals surface area contributed by atoms with E-state index in [9.17, 15) is 14.0 Å². The number of nitrogens with one attached hydrogen (secondary N) is 1. The van der Waals surface area contributed by atoms with Gasteiger partial charge < -0.3 is 29.7 Å². The molecular weight excluding hydrogens is 648 g/mol. The van der Waals surface area contributed by atoms with Crippen molar-refractivity contribution in [2.45, 2.75) is 50.9 Å². The number of piperazine rings is 1. The van der Waals surface area contributed by atoms with Crippen molar-refractivity contribution in [3.05, 3.63) is 99.3 Å². The van der Waals surface area contributed by atoms with Gasteiger partial charge in [-0.15, -0.1) is 0 Å². The highest BCUT2D eigenvalue weighted by Crippen LogP contribution is 2.38. The Labute approximate surface area is 282 Å². The zero-order valence-electron chi connectivity index (χ0n) is 25.8. The molecule has 47 heavy (non-hydrogen) atoms. The Morgan fingerprint density at radius 3 is 2.40 bits per heavy atom. The first-order valence-corrected chi connectivity index (χ1v) is 16.1. The Balaban J connectivity index is 0.00000139. The average molecular weight is 685 g/mol. The smallest absolute Gasteiger partial charge is 0.290 e. The van der Waals surface area contributed by atoms with Crippen LogP contribution in [0.1, 0.15) is 37.3 Å². The van der Waals surface area contributed by atoms with E-state index in [4.69, 9.17) is 42.6 Å². The van der Waals surface area contributed by atoms with Crippen LogP contribution in [0.5, 0.6) is 11.5 Å². The van der Waals surface area contributed by atoms with Gasteiger partial charge in [-0.3, -0.25) is 14.4 Å². The van der Waals surface area contributed by atoms with Crippen molar-refractivity contribution < 1.29 is 33.4 Å². The van der Waals surface area contributed by atoms with Crippen LogP contribution in [0.3, 0.4) is 0 Å². The van der Waals surface area contributed by atoms with E-state index in [0.29, 0.717) is 47.4 Å². The van der Waals surface area contributed by atoms with Crippen LogP contribution >= 0.6 is 23.2 Å². The molecule has 1 saturated heterocycles. The SMILES string of the molecule is CC(=O)N1CC2CC(c3ccc(OCCOc4cc(F)ccc4Cl)cc3)=C(C(=O)N(Cc3ccccc3Cl)C3CC3)C(C1)N2.O=CO. The average Bonchev–Trinajstić information content (AvgIpc) is 3.90. The third-order valence-corrected chi connectivity index (χ3v) is 9.01. The van der Waals surface area contributed by atoms with Crippen molar-refractivity contribution in [2.24, 2.45) is 0 Å². The Morgan fingerprint density at radius 1 is 1.02 bits per heavy atom. The summed E-state index contributed by atoms with van der Waals surface area (Å²) in [4.78, 5) is 39.0. The molecule has 0 aromatic heterocycles. The van der Waals surface area contributed by atoms with Gasteiger partial charge in [0.05, 0.1) is 11.1 Å². The van der Waals surface area contributed by atoms with E-state index in [1.54, 1.807) is 6.92 Å². The molecule has 2 N–H and O–H groups in total. The third kappa shape index (κ3) is 8.62. The molecular formula is C35H36Cl2FN3O6. The second-order valence-corrected chi connectivity index (χ2v) is 12.4. The molecule has 12 heteroatoms. The molecule has 2 aliphatic heterocycles. The van der Waals surface area contributed by atoms with Crippen LogP contribution < -0.4 is 14.8 Å². The lowest BCUT2D eigenvalue weighted by Gasteiger charge is -2.44. The fraction of sp³-hybridized carbons (Fsp3) is 0.343. The molecule has 0 spiro atoms. The molecule has 1 saturated carbocycles. The van der Waals surface area contributed by atoms with E-state index in [1.165, 1.54) is 18.2 Å². The van der Waals surface area contributed by atoms with Crippen molar-refractivity contribution in [1.82, 2.24) is 15.1 Å². The number of amides is 2. The summed E-state index contributed by atoms with van der Waals surface area (Å²) >= 11 is 12.6. The van der Waals surface area contributed by atoms with Crippen LogP contribution in [0.25, 0.3) is 5.57 Å². The molecule has 2 heterocycles. The minimum atomic E-state index is -0.423. The number of nitrogens with zero attached hydrogens (tertiary/aromatic N) is 2. The molecule has 6 rings (SSSR count). The molecule has 2 unspecified atom stereocenters. The second kappa shape index (κ2) is 15.6. The van der Waals surface area contributed by atoms with Crippen molar-refractivity contribution in [1.29, 1.82) is 0 Å². The maximum atomic E-state index is 14.5. The van der Waals surface area contributed by atoms with Crippen molar-refractivity contribution >= 4 is 47.1 Å². The van der Waals surface area contributed by atoms with Crippen molar-refractivity contribution in [3.8, 4) is 11.5 Å². The molecule has 1 aliphatic carbocycles. The normalized spacial score (nSPS) is 18.5. The number of rotatable bonds is 10. The summed E-state index contributed by atoms with van der Waals surface area (Å²) in [6, 6.07) is 19.2. The molecule has 9 nitrogen and oxygen atoms in total. The van der Waals surface area contributed by atoms with Crippen LogP contribution in [0.2, 0.25) is 10.0 Å². The van der Waals surface area contributed by atoms with E-state index in [-0.39, 0.29) is 55.4 Å². The summed E-state index contributed by atoms with van der Waals surface area (Å²) in [7, 11) is 0. The minimum absolute atomic E-state index is 0.0111. The van der Waals surface area contributed by atoms with Gasteiger partial charge in [0.2, 0.25) is 5.91 Å². The van der Waals surface area contributed by atoms with Gasteiger partial charge in [-0.1, -0.05) is 53.5 Å². The molecule has 3 aliphatic rings. The molecule has 3 aromatic carbocycles. The highest BCUT2D eigenvalue weighted by molar-refractivity contribution is 6.32. The monoisotopic (exact) mass is 683 g/mol. The summed E-state index contributed by atoms with van der Waals surface area (Å²) in [6.07, 6.45) is 2.54. The molecule has 2 amide bonds. The Bertz CT molecular complexity index is 1630. The molecule has 2 atom stereocenters. The summed E-state index contributed by atoms with van der Waals surface area (Å²) in [6.45, 7) is 3.24. The number of hydrogen-bond donors (Lipinski definition) is 2. The number of fused-ring (bicyclic) bond motifs is 2. The first-order valence-electron chi connectivity index (χ1n) is 15.4. The zero-order chi connectivity index (χ0) is 33.5. The predicted octanol–water partition coefficient (Wildman–Crippen LogP) is 5.83. The number of carbonyl (C=O) groups excluding carboxylic acids is 2. The summed E-state index contributed by atoms with van der Waals surface area (Å²) in [5, 5.41) is 11.5. The highest BCUT2D eigenvalue weighted by atomic mass is 35.5. The van der Waals surface area contributed by atoms with Gasteiger partial charge in [0.15, 0.2) is 0 Å². The first-order chi connectivity index (χ1) is 22.7. The lowest BCUT2D eigenvalue weighted by molar-refractivity contribution is -0.132. The van der Waals surface area contributed by atoms with Crippen LogP contribution in [-0.2, 0) is 20.9 Å². The summed E-state index contributed by atoms with van der Waals surface area (Å²) < 4.78 is 24.9. The first kappa shape index (κ1) is 34.2. The summed E-state index contributed by atoms with van der Waals surface area (Å²) in [5.41, 5.74) is 3.56. The van der Waals surface area contributed by atoms with Gasteiger partial charge in [0, 0.05) is 55.3 Å². The quantitative estimate of drug-likeness (QED) is 0.205. The summed E-state index contributed by atoms with van der Waals surface area (Å²) in [5.74, 6) is 0.484. The number of carboxylic acid groups (broad SMARTS) is 1. The Hall–Kier alpha value is -4.12. The largest absolute Gasteiger partial charge is 0.490 e. The van der Waals surface area contributed by atoms with Gasteiger partial charge in [-0.25, -0.2) is 4.39 Å². The van der Waals surface area contributed by atoms with Gasteiger partial charge in [-0.2, -0.15) is 0 Å². The third-order valence-electron chi connectivity index (χ3n) is 8.33. The number of ether oxygens (including phenoxy) is 2. The fourth-order valence-electron chi connectivity index (χ4n) is 5.99. The van der Waals surface area contributed by atoms with Crippen LogP contribution in [0.15, 0.2) is 72.3 Å². The Morgan fingerprint density at radius 2 is 1.72 bits per heavy atom. The zero-order valence-corrected chi connectivity index (χ0v) is 27.3. The number of benzene rings is 3. The molecule has 3 aromatic rings. The maximum absolute atomic E-state index is 14.5. The predicted molar refractivity (Wildman–Crippen MR) is 177 cm³/mol. The van der Waals surface area contributed by atoms with E-state index in [1.807, 2.05) is 58.3 Å². The van der Waals surface area contributed by atoms with Crippen molar-refractivity contribution in [2.75, 3.05) is 26.3 Å². The van der Waals surface area contributed by atoms with Crippen LogP contribution in [-0.4, -0.2) is 77.6 Å². The standard InChI is InChI=1S/C34H34Cl2FN3O4.CH2O2/c1-21(41)39-19-25-17-28(22-6-11-27(12-7-22)43-14-15-44-32-16-24(37)8-13-30(32)36)33(31(20-39)38-25)34(42)40(26-9-10-26)18-23-4-2-3-5-29(23)35;2-1-3/h2-8,11-13,16,25-26,31,38H,9-10,14-15,17-20H2,1H3;1H,(H,2,3). The van der Waals surface area contributed by atoms with E-state index < -0.39 is 5.82 Å². The topological polar surface area (TPSA) is 108 Å². The van der Waals surface area contributed by atoms with Crippen molar-refractivity contribution in [3.63, 3.8) is 0 Å². The van der Waals surface area contributed by atoms with Gasteiger partial charge in [-0.05, 0) is 66.3 Å². The van der Waals surface area contributed by atoms with Gasteiger partial charge in [0.1, 0.15) is 30.5 Å². The molecule has 248 valence electrons. The van der Waals surface area contributed by atoms with E-state index >= 15 is 0 Å². The highest BCUT2D eigenvalue weighted by Gasteiger charge is 2.43. The van der Waals surface area contributed by atoms with E-state index in [0.717, 1.165) is 29.5 Å². The van der Waals surface area contributed by atoms with Gasteiger partial charge in [0.25, 0.3) is 12.4 Å². The number of carbonyl (C=O) groups is 3. The lowest BCUT2D eigenvalue weighted by Crippen LogP contribution is -2.61. The number of halogens is 3. The Kier molecular flexibility index (Phi) is 11.4. The molecule has 2 bridgehead atoms. The van der Waals surface area contributed by atoms with Gasteiger partial charge >= 0.3 is 0 Å². The molecule has 0 radical (unpaired) electrons. The van der Waals surface area contributed by atoms with E-state index in [2.05, 4.69) is 5.32 Å². The second-order valence-electron chi connectivity index (χ2n) is 11.6. The fourth-order valence-corrected chi connectivity index (χ4v) is 6.36. The van der Waals surface area contributed by atoms with Crippen LogP contribution in [0, 0.1) is 5.82 Å². The molecule has 2 fully saturated rings.